The molecule has 2 heterocycles. The highest BCUT2D eigenvalue weighted by Gasteiger charge is 2.17. The van der Waals surface area contributed by atoms with Crippen molar-refractivity contribution in [1.82, 2.24) is 19.7 Å². The highest BCUT2D eigenvalue weighted by molar-refractivity contribution is 7.89. The Balaban J connectivity index is 1.52. The molecule has 0 radical (unpaired) electrons. The van der Waals surface area contributed by atoms with Crippen molar-refractivity contribution in [3.63, 3.8) is 0 Å². The molecule has 192 valence electrons. The van der Waals surface area contributed by atoms with E-state index in [2.05, 4.69) is 35.2 Å². The van der Waals surface area contributed by atoms with E-state index in [1.165, 1.54) is 19.4 Å². The lowest BCUT2D eigenvalue weighted by Gasteiger charge is -2.24. The standard InChI is InChI=1S/C23H29N7O5S/c1-24-36(31,32)21-6-4-3-5-19(21)28-23-26-16-25-22(29-23)27-18-8-7-17(15-20(18)33-2)30-9-11-34-13-14-35-12-10-30/h3-8,15-16,24H,9-14H2,1-2H3,(H2,25,26,27,28,29). The van der Waals surface area contributed by atoms with Crippen LogP contribution < -0.4 is 25.0 Å². The average Bonchev–Trinajstić information content (AvgIpc) is 3.04. The monoisotopic (exact) mass is 515 g/mol. The van der Waals surface area contributed by atoms with Gasteiger partial charge in [0.05, 0.1) is 44.9 Å². The summed E-state index contributed by atoms with van der Waals surface area (Å²) < 4.78 is 43.8. The van der Waals surface area contributed by atoms with E-state index in [1.54, 1.807) is 25.3 Å². The van der Waals surface area contributed by atoms with Gasteiger partial charge in [0.25, 0.3) is 0 Å². The fourth-order valence-corrected chi connectivity index (χ4v) is 4.48. The Bertz CT molecular complexity index is 1270. The first-order valence-electron chi connectivity index (χ1n) is 11.3. The molecule has 2 aromatic carbocycles. The van der Waals surface area contributed by atoms with E-state index in [4.69, 9.17) is 14.2 Å². The van der Waals surface area contributed by atoms with Crippen LogP contribution in [0.15, 0.2) is 53.7 Å². The maximum atomic E-state index is 12.3. The number of anilines is 5. The van der Waals surface area contributed by atoms with Crippen molar-refractivity contribution in [2.24, 2.45) is 0 Å². The Morgan fingerprint density at radius 1 is 0.917 bits per heavy atom. The van der Waals surface area contributed by atoms with E-state index in [-0.39, 0.29) is 16.8 Å². The third kappa shape index (κ3) is 6.37. The molecule has 1 fully saturated rings. The Labute approximate surface area is 210 Å². The van der Waals surface area contributed by atoms with Gasteiger partial charge in [0.15, 0.2) is 0 Å². The topological polar surface area (TPSA) is 140 Å². The van der Waals surface area contributed by atoms with Crippen LogP contribution in [-0.2, 0) is 19.5 Å². The quantitative estimate of drug-likeness (QED) is 0.406. The summed E-state index contributed by atoms with van der Waals surface area (Å²) in [7, 11) is -0.726. The SMILES string of the molecule is CNS(=O)(=O)c1ccccc1Nc1ncnc(Nc2ccc(N3CCOCCOCC3)cc2OC)n1. The van der Waals surface area contributed by atoms with Gasteiger partial charge in [-0.2, -0.15) is 4.98 Å². The van der Waals surface area contributed by atoms with E-state index in [1.807, 2.05) is 18.2 Å². The number of hydrogen-bond donors (Lipinski definition) is 3. The molecule has 0 unspecified atom stereocenters. The van der Waals surface area contributed by atoms with Gasteiger partial charge >= 0.3 is 0 Å². The Hall–Kier alpha value is -3.52. The molecule has 1 aliphatic rings. The number of rotatable bonds is 8. The van der Waals surface area contributed by atoms with Crippen molar-refractivity contribution in [2.75, 3.05) is 69.2 Å². The number of ether oxygens (including phenoxy) is 3. The minimum absolute atomic E-state index is 0.0791. The lowest BCUT2D eigenvalue weighted by Crippen LogP contribution is -2.30. The van der Waals surface area contributed by atoms with Crippen LogP contribution >= 0.6 is 0 Å². The van der Waals surface area contributed by atoms with Gasteiger partial charge in [-0.3, -0.25) is 0 Å². The molecule has 0 atom stereocenters. The summed E-state index contributed by atoms with van der Waals surface area (Å²) in [4.78, 5) is 14.9. The zero-order valence-electron chi connectivity index (χ0n) is 20.1. The minimum atomic E-state index is -3.67. The van der Waals surface area contributed by atoms with Crippen molar-refractivity contribution >= 4 is 39.0 Å². The largest absolute Gasteiger partial charge is 0.494 e. The van der Waals surface area contributed by atoms with Gasteiger partial charge in [0.1, 0.15) is 17.0 Å². The lowest BCUT2D eigenvalue weighted by molar-refractivity contribution is 0.0629. The molecular weight excluding hydrogens is 486 g/mol. The first kappa shape index (κ1) is 25.6. The Morgan fingerprint density at radius 2 is 1.58 bits per heavy atom. The third-order valence-corrected chi connectivity index (χ3v) is 6.92. The number of methoxy groups -OCH3 is 1. The van der Waals surface area contributed by atoms with Crippen molar-refractivity contribution in [3.05, 3.63) is 48.8 Å². The van der Waals surface area contributed by atoms with Crippen molar-refractivity contribution < 1.29 is 22.6 Å². The normalized spacial score (nSPS) is 14.9. The van der Waals surface area contributed by atoms with Gasteiger partial charge in [-0.1, -0.05) is 12.1 Å². The van der Waals surface area contributed by atoms with E-state index < -0.39 is 10.0 Å². The molecule has 3 N–H and O–H groups in total. The second-order valence-electron chi connectivity index (χ2n) is 7.68. The van der Waals surface area contributed by atoms with Crippen LogP contribution in [0.4, 0.5) is 29.0 Å². The molecule has 1 aliphatic heterocycles. The van der Waals surface area contributed by atoms with Crippen LogP contribution in [0.5, 0.6) is 5.75 Å². The Morgan fingerprint density at radius 3 is 2.25 bits per heavy atom. The van der Waals surface area contributed by atoms with Crippen LogP contribution in [0, 0.1) is 0 Å². The molecule has 0 spiro atoms. The molecular formula is C23H29N7O5S. The predicted octanol–water partition coefficient (Wildman–Crippen LogP) is 2.13. The molecule has 0 amide bonds. The van der Waals surface area contributed by atoms with Crippen molar-refractivity contribution in [2.45, 2.75) is 4.90 Å². The van der Waals surface area contributed by atoms with Crippen LogP contribution in [0.2, 0.25) is 0 Å². The minimum Gasteiger partial charge on any atom is -0.494 e. The summed E-state index contributed by atoms with van der Waals surface area (Å²) in [5.41, 5.74) is 1.98. The molecule has 1 aromatic heterocycles. The van der Waals surface area contributed by atoms with Gasteiger partial charge < -0.3 is 29.7 Å². The fourth-order valence-electron chi connectivity index (χ4n) is 3.59. The number of para-hydroxylation sites is 1. The summed E-state index contributed by atoms with van der Waals surface area (Å²) in [6.07, 6.45) is 1.33. The molecule has 1 saturated heterocycles. The van der Waals surface area contributed by atoms with E-state index in [9.17, 15) is 8.42 Å². The van der Waals surface area contributed by atoms with Gasteiger partial charge in [0, 0.05) is 24.8 Å². The molecule has 3 aromatic rings. The van der Waals surface area contributed by atoms with Gasteiger partial charge in [-0.25, -0.2) is 23.1 Å². The summed E-state index contributed by atoms with van der Waals surface area (Å²) in [6, 6.07) is 12.3. The van der Waals surface area contributed by atoms with Gasteiger partial charge in [-0.15, -0.1) is 0 Å². The van der Waals surface area contributed by atoms with E-state index >= 15 is 0 Å². The molecule has 0 bridgehead atoms. The molecule has 36 heavy (non-hydrogen) atoms. The van der Waals surface area contributed by atoms with Crippen LogP contribution in [-0.4, -0.2) is 77.0 Å². The molecule has 0 aliphatic carbocycles. The molecule has 0 saturated carbocycles. The van der Waals surface area contributed by atoms with Gasteiger partial charge in [0.2, 0.25) is 21.9 Å². The molecule has 4 rings (SSSR count). The molecule has 13 heteroatoms. The first-order chi connectivity index (χ1) is 17.5. The highest BCUT2D eigenvalue weighted by atomic mass is 32.2. The summed E-state index contributed by atoms with van der Waals surface area (Å²) in [5, 5.41) is 6.10. The second-order valence-corrected chi connectivity index (χ2v) is 9.54. The van der Waals surface area contributed by atoms with Crippen LogP contribution in [0.1, 0.15) is 0 Å². The predicted molar refractivity (Wildman–Crippen MR) is 136 cm³/mol. The number of hydrogen-bond acceptors (Lipinski definition) is 11. The van der Waals surface area contributed by atoms with E-state index in [0.717, 1.165) is 18.8 Å². The zero-order chi connectivity index (χ0) is 25.4. The Kier molecular flexibility index (Phi) is 8.48. The van der Waals surface area contributed by atoms with Crippen molar-refractivity contribution in [3.8, 4) is 5.75 Å². The van der Waals surface area contributed by atoms with Crippen LogP contribution in [0.25, 0.3) is 0 Å². The smallest absolute Gasteiger partial charge is 0.242 e. The third-order valence-electron chi connectivity index (χ3n) is 5.44. The number of sulfonamides is 1. The summed E-state index contributed by atoms with van der Waals surface area (Å²) in [6.45, 7) is 3.91. The van der Waals surface area contributed by atoms with Gasteiger partial charge in [-0.05, 0) is 31.3 Å². The number of nitrogens with one attached hydrogen (secondary N) is 3. The second kappa shape index (κ2) is 11.9. The highest BCUT2D eigenvalue weighted by Crippen LogP contribution is 2.32. The number of aromatic nitrogens is 3. The van der Waals surface area contributed by atoms with Crippen LogP contribution in [0.3, 0.4) is 0 Å². The zero-order valence-corrected chi connectivity index (χ0v) is 20.9. The average molecular weight is 516 g/mol. The summed E-state index contributed by atoms with van der Waals surface area (Å²) in [5.74, 6) is 1.05. The van der Waals surface area contributed by atoms with Crippen molar-refractivity contribution in [1.29, 1.82) is 0 Å². The molecule has 12 nitrogen and oxygen atoms in total. The maximum Gasteiger partial charge on any atom is 0.242 e. The maximum absolute atomic E-state index is 12.3. The summed E-state index contributed by atoms with van der Waals surface area (Å²) >= 11 is 0. The fraction of sp³-hybridized carbons (Fsp3) is 0.348. The first-order valence-corrected chi connectivity index (χ1v) is 12.8. The lowest BCUT2D eigenvalue weighted by atomic mass is 10.2. The van der Waals surface area contributed by atoms with E-state index in [0.29, 0.717) is 43.6 Å². The number of nitrogens with zero attached hydrogens (tertiary/aromatic N) is 4. The number of benzene rings is 2.